The van der Waals surface area contributed by atoms with Crippen molar-refractivity contribution in [2.75, 3.05) is 38.4 Å². The van der Waals surface area contributed by atoms with Crippen molar-refractivity contribution in [1.29, 1.82) is 0 Å². The van der Waals surface area contributed by atoms with Crippen LogP contribution in [0.25, 0.3) is 11.3 Å². The average Bonchev–Trinajstić information content (AvgIpc) is 2.99. The molecule has 2 fully saturated rings. The molecule has 0 bridgehead atoms. The Kier molecular flexibility index (Phi) is 5.00. The van der Waals surface area contributed by atoms with Gasteiger partial charge in [0.15, 0.2) is 0 Å². The van der Waals surface area contributed by atoms with Crippen LogP contribution in [0.3, 0.4) is 0 Å². The lowest BCUT2D eigenvalue weighted by Crippen LogP contribution is -2.54. The van der Waals surface area contributed by atoms with E-state index in [1.54, 1.807) is 4.90 Å². The summed E-state index contributed by atoms with van der Waals surface area (Å²) < 4.78 is 43.4. The quantitative estimate of drug-likeness (QED) is 0.810. The molecule has 1 aromatic carbocycles. The lowest BCUT2D eigenvalue weighted by Gasteiger charge is -2.38. The predicted molar refractivity (Wildman–Crippen MR) is 102 cm³/mol. The van der Waals surface area contributed by atoms with E-state index in [1.807, 2.05) is 24.3 Å². The molecule has 0 amide bonds. The molecule has 0 spiro atoms. The molecule has 0 radical (unpaired) electrons. The highest BCUT2D eigenvalue weighted by atomic mass is 19.3. The van der Waals surface area contributed by atoms with Gasteiger partial charge in [0.2, 0.25) is 5.95 Å². The number of halogens is 3. The summed E-state index contributed by atoms with van der Waals surface area (Å²) in [6.07, 6.45) is -0.468. The maximum atomic E-state index is 14.4. The molecule has 3 aliphatic rings. The number of anilines is 1. The third-order valence-electron chi connectivity index (χ3n) is 5.63. The van der Waals surface area contributed by atoms with E-state index < -0.39 is 17.6 Å². The minimum atomic E-state index is -2.95. The SMILES string of the molecule is CF.NC1(c2ccc(-c3nc(N4CC(O)C4)nc4c3CCC4(F)F)cc2)COC1. The molecule has 156 valence electrons. The van der Waals surface area contributed by atoms with Crippen molar-refractivity contribution < 1.29 is 23.0 Å². The summed E-state index contributed by atoms with van der Waals surface area (Å²) in [4.78, 5) is 10.4. The van der Waals surface area contributed by atoms with E-state index in [-0.39, 0.29) is 24.5 Å². The number of ether oxygens (including phenoxy) is 1. The van der Waals surface area contributed by atoms with Crippen molar-refractivity contribution in [3.63, 3.8) is 0 Å². The molecule has 0 atom stereocenters. The van der Waals surface area contributed by atoms with Crippen molar-refractivity contribution in [1.82, 2.24) is 9.97 Å². The molecule has 0 unspecified atom stereocenters. The zero-order valence-corrected chi connectivity index (χ0v) is 16.0. The van der Waals surface area contributed by atoms with Crippen LogP contribution < -0.4 is 10.6 Å². The smallest absolute Gasteiger partial charge is 0.290 e. The third-order valence-corrected chi connectivity index (χ3v) is 5.63. The lowest BCUT2D eigenvalue weighted by atomic mass is 9.88. The second-order valence-electron chi connectivity index (χ2n) is 7.69. The number of aromatic nitrogens is 2. The number of rotatable bonds is 3. The first-order valence-electron chi connectivity index (χ1n) is 9.43. The van der Waals surface area contributed by atoms with Crippen molar-refractivity contribution >= 4 is 5.95 Å². The molecule has 1 aliphatic carbocycles. The molecule has 5 rings (SSSR count). The Morgan fingerprint density at radius 3 is 2.34 bits per heavy atom. The van der Waals surface area contributed by atoms with Crippen LogP contribution in [0.1, 0.15) is 23.2 Å². The second kappa shape index (κ2) is 7.23. The van der Waals surface area contributed by atoms with Crippen molar-refractivity contribution in [2.24, 2.45) is 5.73 Å². The van der Waals surface area contributed by atoms with E-state index in [2.05, 4.69) is 9.97 Å². The van der Waals surface area contributed by atoms with Crippen LogP contribution in [0.5, 0.6) is 0 Å². The number of alkyl halides is 3. The number of nitrogens with zero attached hydrogens (tertiary/aromatic N) is 3. The highest BCUT2D eigenvalue weighted by Crippen LogP contribution is 2.44. The van der Waals surface area contributed by atoms with E-state index >= 15 is 0 Å². The van der Waals surface area contributed by atoms with Crippen LogP contribution in [-0.4, -0.2) is 54.7 Å². The maximum Gasteiger partial charge on any atom is 0.290 e. The molecule has 0 saturated carbocycles. The number of fused-ring (bicyclic) bond motifs is 1. The number of hydrogen-bond acceptors (Lipinski definition) is 6. The average molecular weight is 408 g/mol. The molecule has 1 aromatic heterocycles. The Bertz CT molecular complexity index is 897. The first-order valence-corrected chi connectivity index (χ1v) is 9.43. The fourth-order valence-electron chi connectivity index (χ4n) is 3.86. The zero-order chi connectivity index (χ0) is 20.8. The predicted octanol–water partition coefficient (Wildman–Crippen LogP) is 2.13. The van der Waals surface area contributed by atoms with Gasteiger partial charge in [-0.3, -0.25) is 4.39 Å². The topological polar surface area (TPSA) is 84.5 Å². The first-order chi connectivity index (χ1) is 13.9. The molecule has 9 heteroatoms. The zero-order valence-electron chi connectivity index (χ0n) is 16.0. The fraction of sp³-hybridized carbons (Fsp3) is 0.500. The van der Waals surface area contributed by atoms with Gasteiger partial charge in [0, 0.05) is 30.6 Å². The fourth-order valence-corrected chi connectivity index (χ4v) is 3.86. The van der Waals surface area contributed by atoms with Gasteiger partial charge < -0.3 is 20.5 Å². The molecule has 6 nitrogen and oxygen atoms in total. The summed E-state index contributed by atoms with van der Waals surface area (Å²) in [7, 11) is 0.500. The largest absolute Gasteiger partial charge is 0.389 e. The number of aliphatic hydroxyl groups is 1. The summed E-state index contributed by atoms with van der Waals surface area (Å²) in [6.45, 7) is 1.67. The summed E-state index contributed by atoms with van der Waals surface area (Å²) in [5, 5.41) is 9.53. The van der Waals surface area contributed by atoms with Gasteiger partial charge in [-0.2, -0.15) is 8.78 Å². The van der Waals surface area contributed by atoms with Gasteiger partial charge >= 0.3 is 0 Å². The van der Waals surface area contributed by atoms with Gasteiger partial charge in [-0.05, 0) is 12.0 Å². The van der Waals surface area contributed by atoms with Gasteiger partial charge in [0.1, 0.15) is 5.69 Å². The van der Waals surface area contributed by atoms with Crippen molar-refractivity contribution in [2.45, 2.75) is 30.4 Å². The Balaban J connectivity index is 0.000000994. The van der Waals surface area contributed by atoms with Crippen LogP contribution in [0.4, 0.5) is 19.1 Å². The molecular formula is C20H23F3N4O2. The van der Waals surface area contributed by atoms with Gasteiger partial charge in [-0.1, -0.05) is 24.3 Å². The third kappa shape index (κ3) is 3.37. The molecule has 2 aromatic rings. The van der Waals surface area contributed by atoms with Crippen molar-refractivity contribution in [3.8, 4) is 11.3 Å². The molecule has 3 N–H and O–H groups in total. The highest BCUT2D eigenvalue weighted by molar-refractivity contribution is 5.67. The Hall–Kier alpha value is -2.23. The standard InChI is InChI=1S/C19H20F2N4O2.CH3F/c20-19(21)6-5-14-15(23-17(24-16(14)19)25-7-13(26)8-25)11-1-3-12(4-2-11)18(22)9-27-10-18;1-2/h1-4,13,26H,5-10,22H2;1H3. The lowest BCUT2D eigenvalue weighted by molar-refractivity contribution is -0.0569. The molecule has 3 heterocycles. The summed E-state index contributed by atoms with van der Waals surface area (Å²) in [5.74, 6) is -2.70. The maximum absolute atomic E-state index is 14.4. The summed E-state index contributed by atoms with van der Waals surface area (Å²) >= 11 is 0. The van der Waals surface area contributed by atoms with E-state index in [4.69, 9.17) is 10.5 Å². The molecule has 2 aliphatic heterocycles. The van der Waals surface area contributed by atoms with E-state index in [0.717, 1.165) is 11.1 Å². The van der Waals surface area contributed by atoms with Crippen molar-refractivity contribution in [3.05, 3.63) is 41.1 Å². The summed E-state index contributed by atoms with van der Waals surface area (Å²) in [6, 6.07) is 7.56. The number of β-amino-alcohol motifs (C(OH)–C–C–N with tert-alkyl or cyclic N) is 1. The molecular weight excluding hydrogens is 385 g/mol. The summed E-state index contributed by atoms with van der Waals surface area (Å²) in [5.41, 5.74) is 8.37. The van der Waals surface area contributed by atoms with Crippen LogP contribution in [-0.2, 0) is 22.6 Å². The van der Waals surface area contributed by atoms with Gasteiger partial charge in [0.05, 0.1) is 37.7 Å². The highest BCUT2D eigenvalue weighted by Gasteiger charge is 2.44. The van der Waals surface area contributed by atoms with Gasteiger partial charge in [-0.15, -0.1) is 0 Å². The molecule has 2 saturated heterocycles. The van der Waals surface area contributed by atoms with Gasteiger partial charge in [0.25, 0.3) is 5.92 Å². The van der Waals surface area contributed by atoms with Gasteiger partial charge in [-0.25, -0.2) is 9.97 Å². The number of aliphatic hydroxyl groups excluding tert-OH is 1. The van der Waals surface area contributed by atoms with Crippen LogP contribution >= 0.6 is 0 Å². The number of hydrogen-bond donors (Lipinski definition) is 2. The monoisotopic (exact) mass is 408 g/mol. The van der Waals surface area contributed by atoms with E-state index in [9.17, 15) is 18.3 Å². The molecule has 29 heavy (non-hydrogen) atoms. The number of benzene rings is 1. The van der Waals surface area contributed by atoms with Crippen LogP contribution in [0.2, 0.25) is 0 Å². The Labute approximate surface area is 166 Å². The minimum absolute atomic E-state index is 0.185. The first kappa shape index (κ1) is 20.1. The Morgan fingerprint density at radius 2 is 1.79 bits per heavy atom. The van der Waals surface area contributed by atoms with Crippen LogP contribution in [0, 0.1) is 0 Å². The van der Waals surface area contributed by atoms with Crippen LogP contribution in [0.15, 0.2) is 24.3 Å². The van der Waals surface area contributed by atoms with E-state index in [1.165, 1.54) is 0 Å². The minimum Gasteiger partial charge on any atom is -0.389 e. The normalized spacial score (nSPS) is 21.5. The Morgan fingerprint density at radius 1 is 1.14 bits per heavy atom. The second-order valence-corrected chi connectivity index (χ2v) is 7.69. The van der Waals surface area contributed by atoms with E-state index in [0.29, 0.717) is 44.7 Å². The number of nitrogens with two attached hydrogens (primary N) is 1.